The molecule has 2 heterocycles. The number of carbonyl (C=O) groups is 2. The van der Waals surface area contributed by atoms with Gasteiger partial charge in [0.15, 0.2) is 5.58 Å². The predicted octanol–water partition coefficient (Wildman–Crippen LogP) is 4.80. The van der Waals surface area contributed by atoms with E-state index in [4.69, 9.17) is 9.15 Å². The Labute approximate surface area is 206 Å². The van der Waals surface area contributed by atoms with Gasteiger partial charge in [0.25, 0.3) is 17.0 Å². The summed E-state index contributed by atoms with van der Waals surface area (Å²) in [5.74, 6) is -0.767. The van der Waals surface area contributed by atoms with Crippen molar-refractivity contribution in [1.82, 2.24) is 9.88 Å². The van der Waals surface area contributed by atoms with Crippen molar-refractivity contribution in [3.8, 4) is 0 Å². The van der Waals surface area contributed by atoms with Crippen molar-refractivity contribution in [2.75, 3.05) is 26.3 Å². The molecular formula is C27H23N3O4S. The van der Waals surface area contributed by atoms with Crippen molar-refractivity contribution in [3.05, 3.63) is 96.1 Å². The Morgan fingerprint density at radius 3 is 2.26 bits per heavy atom. The van der Waals surface area contributed by atoms with E-state index in [2.05, 4.69) is 9.98 Å². The van der Waals surface area contributed by atoms with E-state index >= 15 is 0 Å². The maximum Gasteiger partial charge on any atom is 0.277 e. The Morgan fingerprint density at radius 2 is 1.54 bits per heavy atom. The highest BCUT2D eigenvalue weighted by Gasteiger charge is 2.32. The number of rotatable bonds is 6. The molecule has 1 unspecified atom stereocenters. The standard InChI is InChI=1S/C27H23N3O4S/c31-25(20-11-5-2-6-12-20)29-23(26(32)30-15-17-33-18-16-30)24(19-9-3-1-4-10-19)35-27-28-21-13-7-8-14-22(21)34-27/h1-14,24H,15-18H2. The molecule has 1 atom stereocenters. The molecule has 0 aliphatic carbocycles. The zero-order chi connectivity index (χ0) is 24.0. The topological polar surface area (TPSA) is 85.0 Å². The van der Waals surface area contributed by atoms with Gasteiger partial charge in [-0.2, -0.15) is 0 Å². The third kappa shape index (κ3) is 5.34. The van der Waals surface area contributed by atoms with E-state index in [0.29, 0.717) is 42.7 Å². The molecule has 0 radical (unpaired) electrons. The van der Waals surface area contributed by atoms with Crippen LogP contribution in [0.3, 0.4) is 0 Å². The smallest absolute Gasteiger partial charge is 0.277 e. The number of nitrogens with zero attached hydrogens (tertiary/aromatic N) is 3. The molecule has 3 aromatic carbocycles. The predicted molar refractivity (Wildman–Crippen MR) is 135 cm³/mol. The van der Waals surface area contributed by atoms with Crippen LogP contribution in [0.15, 0.2) is 99.6 Å². The van der Waals surface area contributed by atoms with Gasteiger partial charge in [-0.25, -0.2) is 9.98 Å². The molecule has 35 heavy (non-hydrogen) atoms. The SMILES string of the molecule is O=C(N=C(C(=O)N1CCOCC1)C(Sc1nc2ccccc2o1)c1ccccc1)c1ccccc1. The highest BCUT2D eigenvalue weighted by atomic mass is 32.2. The number of carbonyl (C=O) groups excluding carboxylic acids is 2. The Balaban J connectivity index is 1.58. The molecule has 1 aliphatic heterocycles. The van der Waals surface area contributed by atoms with Crippen LogP contribution in [0.1, 0.15) is 21.2 Å². The summed E-state index contributed by atoms with van der Waals surface area (Å²) in [5.41, 5.74) is 2.75. The third-order valence-electron chi connectivity index (χ3n) is 5.60. The molecule has 4 aromatic rings. The second-order valence-corrected chi connectivity index (χ2v) is 8.99. The maximum atomic E-state index is 13.8. The van der Waals surface area contributed by atoms with Gasteiger partial charge in [-0.05, 0) is 29.8 Å². The number of thioether (sulfide) groups is 1. The summed E-state index contributed by atoms with van der Waals surface area (Å²) in [7, 11) is 0. The number of fused-ring (bicyclic) bond motifs is 1. The van der Waals surface area contributed by atoms with Crippen molar-refractivity contribution in [2.24, 2.45) is 4.99 Å². The normalized spacial score (nSPS) is 15.2. The van der Waals surface area contributed by atoms with E-state index in [0.717, 1.165) is 11.1 Å². The van der Waals surface area contributed by atoms with Crippen LogP contribution in [0.25, 0.3) is 11.1 Å². The Bertz CT molecular complexity index is 1320. The Kier molecular flexibility index (Phi) is 7.02. The van der Waals surface area contributed by atoms with Gasteiger partial charge in [0.2, 0.25) is 0 Å². The summed E-state index contributed by atoms with van der Waals surface area (Å²) >= 11 is 1.27. The van der Waals surface area contributed by atoms with Crippen molar-refractivity contribution < 1.29 is 18.7 Å². The summed E-state index contributed by atoms with van der Waals surface area (Å²) in [5, 5.41) is -0.207. The second kappa shape index (κ2) is 10.7. The van der Waals surface area contributed by atoms with E-state index in [-0.39, 0.29) is 11.6 Å². The molecule has 0 N–H and O–H groups in total. The highest BCUT2D eigenvalue weighted by Crippen LogP contribution is 2.38. The molecule has 1 aromatic heterocycles. The van der Waals surface area contributed by atoms with Crippen LogP contribution >= 0.6 is 11.8 Å². The van der Waals surface area contributed by atoms with Crippen molar-refractivity contribution in [1.29, 1.82) is 0 Å². The minimum absolute atomic E-state index is 0.138. The number of aromatic nitrogens is 1. The van der Waals surface area contributed by atoms with Gasteiger partial charge in [0, 0.05) is 18.7 Å². The minimum Gasteiger partial charge on any atom is -0.431 e. The molecule has 5 rings (SSSR count). The van der Waals surface area contributed by atoms with Gasteiger partial charge in [0.05, 0.1) is 18.5 Å². The van der Waals surface area contributed by atoms with Crippen molar-refractivity contribution in [2.45, 2.75) is 10.5 Å². The largest absolute Gasteiger partial charge is 0.431 e. The molecule has 0 spiro atoms. The van der Waals surface area contributed by atoms with Crippen LogP contribution in [0, 0.1) is 0 Å². The molecule has 2 amide bonds. The molecule has 1 aliphatic rings. The number of amides is 2. The Hall–Kier alpha value is -3.75. The van der Waals surface area contributed by atoms with Crippen molar-refractivity contribution in [3.63, 3.8) is 0 Å². The molecule has 1 saturated heterocycles. The van der Waals surface area contributed by atoms with Crippen molar-refractivity contribution >= 4 is 40.4 Å². The highest BCUT2D eigenvalue weighted by molar-refractivity contribution is 8.00. The monoisotopic (exact) mass is 485 g/mol. The summed E-state index contributed by atoms with van der Waals surface area (Å²) in [4.78, 5) is 37.6. The molecule has 8 heteroatoms. The average molecular weight is 486 g/mol. The van der Waals surface area contributed by atoms with E-state index in [1.54, 1.807) is 29.2 Å². The summed E-state index contributed by atoms with van der Waals surface area (Å²) in [6.45, 7) is 1.76. The van der Waals surface area contributed by atoms with Gasteiger partial charge < -0.3 is 14.1 Å². The molecule has 7 nitrogen and oxygen atoms in total. The number of oxazole rings is 1. The Morgan fingerprint density at radius 1 is 0.886 bits per heavy atom. The quantitative estimate of drug-likeness (QED) is 0.288. The third-order valence-corrected chi connectivity index (χ3v) is 6.71. The number of hydrogen-bond acceptors (Lipinski definition) is 6. The summed E-state index contributed by atoms with van der Waals surface area (Å²) in [6, 6.07) is 25.7. The zero-order valence-corrected chi connectivity index (χ0v) is 19.7. The van der Waals surface area contributed by atoms with Crippen LogP contribution in [0.4, 0.5) is 0 Å². The molecule has 1 fully saturated rings. The first-order valence-corrected chi connectivity index (χ1v) is 12.2. The van der Waals surface area contributed by atoms with Gasteiger partial charge in [-0.1, -0.05) is 72.4 Å². The first kappa shape index (κ1) is 23.0. The number of ether oxygens (including phenoxy) is 1. The van der Waals surface area contributed by atoms with Crippen LogP contribution in [0.2, 0.25) is 0 Å². The first-order chi connectivity index (χ1) is 17.2. The fraction of sp³-hybridized carbons (Fsp3) is 0.185. The average Bonchev–Trinajstić information content (AvgIpc) is 3.34. The van der Waals surface area contributed by atoms with E-state index in [1.807, 2.05) is 60.7 Å². The lowest BCUT2D eigenvalue weighted by Gasteiger charge is -2.29. The molecule has 176 valence electrons. The number of para-hydroxylation sites is 2. The number of hydrogen-bond donors (Lipinski definition) is 0. The van der Waals surface area contributed by atoms with E-state index in [1.165, 1.54) is 11.8 Å². The second-order valence-electron chi connectivity index (χ2n) is 7.93. The number of aliphatic imine (C=N–C) groups is 1. The first-order valence-electron chi connectivity index (χ1n) is 11.3. The minimum atomic E-state index is -0.604. The van der Waals surface area contributed by atoms with Crippen LogP contribution < -0.4 is 0 Å². The lowest BCUT2D eigenvalue weighted by Crippen LogP contribution is -2.45. The summed E-state index contributed by atoms with van der Waals surface area (Å²) < 4.78 is 11.4. The number of benzene rings is 3. The van der Waals surface area contributed by atoms with Crippen LogP contribution in [-0.4, -0.2) is 53.7 Å². The van der Waals surface area contributed by atoms with Gasteiger partial charge in [-0.3, -0.25) is 9.59 Å². The fourth-order valence-corrected chi connectivity index (χ4v) is 4.86. The van der Waals surface area contributed by atoms with Gasteiger partial charge >= 0.3 is 0 Å². The fourth-order valence-electron chi connectivity index (χ4n) is 3.81. The maximum absolute atomic E-state index is 13.8. The molecular weight excluding hydrogens is 462 g/mol. The molecule has 0 bridgehead atoms. The number of morpholine rings is 1. The van der Waals surface area contributed by atoms with Gasteiger partial charge in [-0.15, -0.1) is 0 Å². The lowest BCUT2D eigenvalue weighted by molar-refractivity contribution is -0.128. The van der Waals surface area contributed by atoms with Gasteiger partial charge in [0.1, 0.15) is 11.2 Å². The van der Waals surface area contributed by atoms with Crippen LogP contribution in [0.5, 0.6) is 0 Å². The summed E-state index contributed by atoms with van der Waals surface area (Å²) in [6.07, 6.45) is 0. The van der Waals surface area contributed by atoms with Crippen LogP contribution in [-0.2, 0) is 9.53 Å². The van der Waals surface area contributed by atoms with E-state index < -0.39 is 11.2 Å². The van der Waals surface area contributed by atoms with E-state index in [9.17, 15) is 9.59 Å². The lowest BCUT2D eigenvalue weighted by atomic mass is 10.1. The molecule has 0 saturated carbocycles. The zero-order valence-electron chi connectivity index (χ0n) is 18.9.